The molecule has 3 heteroatoms. The fourth-order valence-electron chi connectivity index (χ4n) is 2.78. The molecule has 0 amide bonds. The lowest BCUT2D eigenvalue weighted by Gasteiger charge is -2.15. The van der Waals surface area contributed by atoms with Crippen molar-refractivity contribution >= 4 is 11.3 Å². The van der Waals surface area contributed by atoms with Crippen LogP contribution >= 0.6 is 11.3 Å². The maximum absolute atomic E-state index is 9.98. The van der Waals surface area contributed by atoms with Crippen LogP contribution in [0.2, 0.25) is 0 Å². The molecule has 1 fully saturated rings. The minimum absolute atomic E-state index is 0.168. The van der Waals surface area contributed by atoms with Crippen LogP contribution in [-0.2, 0) is 13.0 Å². The van der Waals surface area contributed by atoms with E-state index in [0.717, 1.165) is 31.8 Å². The predicted octanol–water partition coefficient (Wildman–Crippen LogP) is 3.34. The summed E-state index contributed by atoms with van der Waals surface area (Å²) >= 11 is 1.87. The normalized spacial score (nSPS) is 18.3. The van der Waals surface area contributed by atoms with Crippen molar-refractivity contribution in [2.45, 2.75) is 58.1 Å². The summed E-state index contributed by atoms with van der Waals surface area (Å²) in [5.74, 6) is 0.773. The van der Waals surface area contributed by atoms with E-state index in [4.69, 9.17) is 0 Å². The molecule has 1 aromatic rings. The van der Waals surface area contributed by atoms with Gasteiger partial charge in [0.25, 0.3) is 0 Å². The third-order valence-electron chi connectivity index (χ3n) is 3.83. The van der Waals surface area contributed by atoms with Crippen LogP contribution in [0.4, 0.5) is 0 Å². The Morgan fingerprint density at radius 3 is 2.72 bits per heavy atom. The number of aliphatic hydroxyl groups is 1. The van der Waals surface area contributed by atoms with E-state index in [1.165, 1.54) is 35.4 Å². The second-order valence-corrected chi connectivity index (χ2v) is 6.65. The summed E-state index contributed by atoms with van der Waals surface area (Å²) in [5.41, 5.74) is 0. The van der Waals surface area contributed by atoms with Gasteiger partial charge in [0.2, 0.25) is 0 Å². The molecule has 0 saturated heterocycles. The highest BCUT2D eigenvalue weighted by molar-refractivity contribution is 7.11. The van der Waals surface area contributed by atoms with Crippen LogP contribution in [0.3, 0.4) is 0 Å². The number of aryl methyl sites for hydroxylation is 1. The Kier molecular flexibility index (Phi) is 5.67. The van der Waals surface area contributed by atoms with Crippen LogP contribution < -0.4 is 5.32 Å². The van der Waals surface area contributed by atoms with Gasteiger partial charge in [0.15, 0.2) is 0 Å². The second kappa shape index (κ2) is 7.27. The summed E-state index contributed by atoms with van der Waals surface area (Å²) < 4.78 is 0. The molecule has 1 heterocycles. The Balaban J connectivity index is 1.61. The van der Waals surface area contributed by atoms with Crippen LogP contribution in [0.1, 0.15) is 48.8 Å². The summed E-state index contributed by atoms with van der Waals surface area (Å²) in [6.45, 7) is 3.82. The summed E-state index contributed by atoms with van der Waals surface area (Å²) in [6.07, 6.45) is 7.30. The van der Waals surface area contributed by atoms with Gasteiger partial charge in [-0.2, -0.15) is 0 Å². The molecule has 0 aromatic carbocycles. The Morgan fingerprint density at radius 2 is 2.06 bits per heavy atom. The number of thiophene rings is 1. The van der Waals surface area contributed by atoms with Gasteiger partial charge < -0.3 is 10.4 Å². The van der Waals surface area contributed by atoms with E-state index in [1.54, 1.807) is 0 Å². The van der Waals surface area contributed by atoms with Crippen LogP contribution in [0.15, 0.2) is 12.1 Å². The molecule has 18 heavy (non-hydrogen) atoms. The molecule has 1 aliphatic rings. The molecule has 2 N–H and O–H groups in total. The zero-order chi connectivity index (χ0) is 12.8. The topological polar surface area (TPSA) is 32.3 Å². The molecule has 1 aliphatic carbocycles. The van der Waals surface area contributed by atoms with Crippen LogP contribution in [0.25, 0.3) is 0 Å². The maximum atomic E-state index is 9.98. The molecule has 2 rings (SSSR count). The Morgan fingerprint density at radius 1 is 1.33 bits per heavy atom. The summed E-state index contributed by atoms with van der Waals surface area (Å²) in [7, 11) is 0. The van der Waals surface area contributed by atoms with Crippen molar-refractivity contribution in [1.29, 1.82) is 0 Å². The van der Waals surface area contributed by atoms with Gasteiger partial charge in [0.05, 0.1) is 6.10 Å². The summed E-state index contributed by atoms with van der Waals surface area (Å²) in [6, 6.07) is 4.40. The summed E-state index contributed by atoms with van der Waals surface area (Å²) in [4.78, 5) is 2.82. The molecule has 0 aliphatic heterocycles. The monoisotopic (exact) mass is 267 g/mol. The fraction of sp³-hybridized carbons (Fsp3) is 0.733. The van der Waals surface area contributed by atoms with Gasteiger partial charge in [-0.1, -0.05) is 32.6 Å². The van der Waals surface area contributed by atoms with Crippen molar-refractivity contribution in [3.63, 3.8) is 0 Å². The smallest absolute Gasteiger partial charge is 0.0667 e. The largest absolute Gasteiger partial charge is 0.392 e. The Hall–Kier alpha value is -0.380. The lowest BCUT2D eigenvalue weighted by atomic mass is 10.0. The van der Waals surface area contributed by atoms with E-state index < -0.39 is 0 Å². The third-order valence-corrected chi connectivity index (χ3v) is 5.05. The highest BCUT2D eigenvalue weighted by Crippen LogP contribution is 2.28. The first-order valence-corrected chi connectivity index (χ1v) is 8.06. The van der Waals surface area contributed by atoms with Gasteiger partial charge >= 0.3 is 0 Å². The van der Waals surface area contributed by atoms with Gasteiger partial charge in [-0.25, -0.2) is 0 Å². The minimum atomic E-state index is -0.168. The predicted molar refractivity (Wildman–Crippen MR) is 78.0 cm³/mol. The maximum Gasteiger partial charge on any atom is 0.0667 e. The number of nitrogens with one attached hydrogen (secondary N) is 1. The number of aliphatic hydroxyl groups excluding tert-OH is 1. The SMILES string of the molecule is CCc1ccc(CNCC(O)CC2CCCC2)s1. The molecule has 0 radical (unpaired) electrons. The molecular formula is C15H25NOS. The number of hydrogen-bond donors (Lipinski definition) is 2. The van der Waals surface area contributed by atoms with Crippen LogP contribution in [-0.4, -0.2) is 17.8 Å². The van der Waals surface area contributed by atoms with E-state index in [1.807, 2.05) is 11.3 Å². The minimum Gasteiger partial charge on any atom is -0.392 e. The van der Waals surface area contributed by atoms with E-state index in [0.29, 0.717) is 0 Å². The standard InChI is InChI=1S/C15H25NOS/c1-2-14-7-8-15(18-14)11-16-10-13(17)9-12-5-3-4-6-12/h7-8,12-13,16-17H,2-6,9-11H2,1H3. The first-order valence-electron chi connectivity index (χ1n) is 7.24. The van der Waals surface area contributed by atoms with Crippen LogP contribution in [0.5, 0.6) is 0 Å². The van der Waals surface area contributed by atoms with E-state index in [9.17, 15) is 5.11 Å². The number of hydrogen-bond acceptors (Lipinski definition) is 3. The highest BCUT2D eigenvalue weighted by atomic mass is 32.1. The van der Waals surface area contributed by atoms with E-state index in [-0.39, 0.29) is 6.10 Å². The quantitative estimate of drug-likeness (QED) is 0.794. The lowest BCUT2D eigenvalue weighted by Crippen LogP contribution is -2.27. The van der Waals surface area contributed by atoms with Crippen molar-refractivity contribution in [3.8, 4) is 0 Å². The molecule has 2 nitrogen and oxygen atoms in total. The van der Waals surface area contributed by atoms with Crippen molar-refractivity contribution in [2.75, 3.05) is 6.54 Å². The first kappa shape index (κ1) is 14.0. The zero-order valence-corrected chi connectivity index (χ0v) is 12.1. The fourth-order valence-corrected chi connectivity index (χ4v) is 3.71. The van der Waals surface area contributed by atoms with Gasteiger partial charge in [-0.3, -0.25) is 0 Å². The van der Waals surface area contributed by atoms with Crippen molar-refractivity contribution in [3.05, 3.63) is 21.9 Å². The van der Waals surface area contributed by atoms with Crippen LogP contribution in [0, 0.1) is 5.92 Å². The third kappa shape index (κ3) is 4.38. The van der Waals surface area contributed by atoms with Crippen molar-refractivity contribution in [1.82, 2.24) is 5.32 Å². The van der Waals surface area contributed by atoms with Gasteiger partial charge in [-0.05, 0) is 30.9 Å². The van der Waals surface area contributed by atoms with Crippen molar-refractivity contribution < 1.29 is 5.11 Å². The Bertz CT molecular complexity index is 344. The average Bonchev–Trinajstić information content (AvgIpc) is 3.00. The molecular weight excluding hydrogens is 242 g/mol. The summed E-state index contributed by atoms with van der Waals surface area (Å²) in [5, 5.41) is 13.4. The first-order chi connectivity index (χ1) is 8.78. The van der Waals surface area contributed by atoms with Gasteiger partial charge in [-0.15, -0.1) is 11.3 Å². The zero-order valence-electron chi connectivity index (χ0n) is 11.3. The molecule has 0 bridgehead atoms. The molecule has 102 valence electrons. The van der Waals surface area contributed by atoms with Gasteiger partial charge in [0.1, 0.15) is 0 Å². The second-order valence-electron chi connectivity index (χ2n) is 5.39. The lowest BCUT2D eigenvalue weighted by molar-refractivity contribution is 0.140. The molecule has 0 spiro atoms. The Labute approximate surface area is 114 Å². The highest BCUT2D eigenvalue weighted by Gasteiger charge is 2.18. The van der Waals surface area contributed by atoms with E-state index >= 15 is 0 Å². The van der Waals surface area contributed by atoms with Gasteiger partial charge in [0, 0.05) is 22.8 Å². The van der Waals surface area contributed by atoms with Crippen molar-refractivity contribution in [2.24, 2.45) is 5.92 Å². The molecule has 1 aromatic heterocycles. The molecule has 1 saturated carbocycles. The van der Waals surface area contributed by atoms with E-state index in [2.05, 4.69) is 24.4 Å². The molecule has 1 unspecified atom stereocenters. The number of rotatable bonds is 7. The average molecular weight is 267 g/mol. The molecule has 1 atom stereocenters.